The van der Waals surface area contributed by atoms with Crippen molar-refractivity contribution < 1.29 is 9.90 Å². The number of halogens is 1. The van der Waals surface area contributed by atoms with Gasteiger partial charge in [0.1, 0.15) is 6.04 Å². The van der Waals surface area contributed by atoms with Crippen molar-refractivity contribution in [2.24, 2.45) is 0 Å². The van der Waals surface area contributed by atoms with Crippen LogP contribution in [0.1, 0.15) is 16.7 Å². The van der Waals surface area contributed by atoms with Crippen LogP contribution >= 0.6 is 12.4 Å². The van der Waals surface area contributed by atoms with E-state index in [2.05, 4.69) is 5.32 Å². The summed E-state index contributed by atoms with van der Waals surface area (Å²) in [7, 11) is 0. The summed E-state index contributed by atoms with van der Waals surface area (Å²) in [4.78, 5) is 10.8. The van der Waals surface area contributed by atoms with Crippen molar-refractivity contribution in [2.75, 3.05) is 0 Å². The number of rotatable bonds is 1. The van der Waals surface area contributed by atoms with Gasteiger partial charge in [-0.05, 0) is 30.0 Å². The lowest BCUT2D eigenvalue weighted by Gasteiger charge is -2.24. The number of aryl methyl sites for hydroxylation is 1. The second kappa shape index (κ2) is 4.64. The molecule has 0 aliphatic carbocycles. The SMILES string of the molecule is Cc1cccc2c1CC(C(=O)O)NC2.Cl. The summed E-state index contributed by atoms with van der Waals surface area (Å²) in [6.07, 6.45) is 0.595. The highest BCUT2D eigenvalue weighted by molar-refractivity contribution is 5.85. The van der Waals surface area contributed by atoms with Gasteiger partial charge in [0.05, 0.1) is 0 Å². The Balaban J connectivity index is 0.00000112. The minimum atomic E-state index is -0.765. The highest BCUT2D eigenvalue weighted by Gasteiger charge is 2.23. The van der Waals surface area contributed by atoms with E-state index in [0.717, 1.165) is 0 Å². The molecule has 0 amide bonds. The third-order valence-corrected chi connectivity index (χ3v) is 2.75. The normalized spacial score (nSPS) is 18.9. The molecule has 1 aromatic carbocycles. The Morgan fingerprint density at radius 2 is 2.27 bits per heavy atom. The molecule has 0 saturated heterocycles. The predicted molar refractivity (Wildman–Crippen MR) is 60.4 cm³/mol. The Kier molecular flexibility index (Phi) is 3.72. The average Bonchev–Trinajstić information content (AvgIpc) is 2.18. The van der Waals surface area contributed by atoms with Crippen molar-refractivity contribution in [1.82, 2.24) is 5.32 Å². The lowest BCUT2D eigenvalue weighted by Crippen LogP contribution is -2.41. The first-order chi connectivity index (χ1) is 6.68. The van der Waals surface area contributed by atoms with E-state index in [9.17, 15) is 4.79 Å². The van der Waals surface area contributed by atoms with Gasteiger partial charge in [-0.1, -0.05) is 18.2 Å². The summed E-state index contributed by atoms with van der Waals surface area (Å²) < 4.78 is 0. The van der Waals surface area contributed by atoms with Crippen molar-refractivity contribution in [1.29, 1.82) is 0 Å². The minimum absolute atomic E-state index is 0. The van der Waals surface area contributed by atoms with E-state index in [1.165, 1.54) is 16.7 Å². The van der Waals surface area contributed by atoms with Gasteiger partial charge in [0.15, 0.2) is 0 Å². The maximum Gasteiger partial charge on any atom is 0.321 e. The van der Waals surface area contributed by atoms with Crippen LogP contribution in [0.25, 0.3) is 0 Å². The fraction of sp³-hybridized carbons (Fsp3) is 0.364. The van der Waals surface area contributed by atoms with Gasteiger partial charge in [-0.25, -0.2) is 0 Å². The van der Waals surface area contributed by atoms with Crippen LogP contribution in [0.2, 0.25) is 0 Å². The van der Waals surface area contributed by atoms with Crippen molar-refractivity contribution >= 4 is 18.4 Å². The molecule has 2 rings (SSSR count). The summed E-state index contributed by atoms with van der Waals surface area (Å²) in [6.45, 7) is 2.69. The molecule has 1 unspecified atom stereocenters. The molecule has 0 aromatic heterocycles. The largest absolute Gasteiger partial charge is 0.480 e. The van der Waals surface area contributed by atoms with Crippen molar-refractivity contribution in [2.45, 2.75) is 25.9 Å². The Morgan fingerprint density at radius 1 is 1.53 bits per heavy atom. The summed E-state index contributed by atoms with van der Waals surface area (Å²) in [5.41, 5.74) is 3.61. The average molecular weight is 228 g/mol. The topological polar surface area (TPSA) is 49.3 Å². The molecule has 1 aliphatic rings. The Labute approximate surface area is 94.9 Å². The molecule has 1 heterocycles. The van der Waals surface area contributed by atoms with Gasteiger partial charge in [0.2, 0.25) is 0 Å². The van der Waals surface area contributed by atoms with E-state index in [1.54, 1.807) is 0 Å². The van der Waals surface area contributed by atoms with E-state index < -0.39 is 12.0 Å². The van der Waals surface area contributed by atoms with Crippen molar-refractivity contribution in [3.8, 4) is 0 Å². The number of carbonyl (C=O) groups is 1. The molecule has 1 aromatic rings. The molecule has 2 N–H and O–H groups in total. The van der Waals surface area contributed by atoms with Gasteiger partial charge in [0.25, 0.3) is 0 Å². The fourth-order valence-corrected chi connectivity index (χ4v) is 1.90. The molecule has 0 radical (unpaired) electrons. The van der Waals surface area contributed by atoms with Crippen molar-refractivity contribution in [3.63, 3.8) is 0 Å². The summed E-state index contributed by atoms with van der Waals surface area (Å²) in [5, 5.41) is 11.9. The molecule has 82 valence electrons. The molecule has 3 nitrogen and oxygen atoms in total. The first kappa shape index (κ1) is 12.0. The zero-order valence-corrected chi connectivity index (χ0v) is 9.30. The van der Waals surface area contributed by atoms with Crippen LogP contribution in [0.4, 0.5) is 0 Å². The quantitative estimate of drug-likeness (QED) is 0.765. The summed E-state index contributed by atoms with van der Waals surface area (Å²) in [6, 6.07) is 5.66. The molecule has 4 heteroatoms. The third-order valence-electron chi connectivity index (χ3n) is 2.75. The Morgan fingerprint density at radius 3 is 2.93 bits per heavy atom. The molecule has 15 heavy (non-hydrogen) atoms. The number of carboxylic acid groups (broad SMARTS) is 1. The van der Waals surface area contributed by atoms with Crippen LogP contribution in [0, 0.1) is 6.92 Å². The molecule has 1 atom stereocenters. The van der Waals surface area contributed by atoms with Gasteiger partial charge in [-0.2, -0.15) is 0 Å². The molecule has 0 fully saturated rings. The van der Waals surface area contributed by atoms with Gasteiger partial charge in [-0.3, -0.25) is 4.79 Å². The van der Waals surface area contributed by atoms with Gasteiger partial charge in [-0.15, -0.1) is 12.4 Å². The lowest BCUT2D eigenvalue weighted by molar-refractivity contribution is -0.139. The van der Waals surface area contributed by atoms with Crippen LogP contribution in [0.15, 0.2) is 18.2 Å². The number of nitrogens with one attached hydrogen (secondary N) is 1. The first-order valence-corrected chi connectivity index (χ1v) is 4.72. The zero-order chi connectivity index (χ0) is 10.1. The summed E-state index contributed by atoms with van der Waals surface area (Å²) in [5.74, 6) is -0.765. The Hall–Kier alpha value is -1.06. The molecular weight excluding hydrogens is 214 g/mol. The first-order valence-electron chi connectivity index (χ1n) is 4.72. The molecule has 0 saturated carbocycles. The van der Waals surface area contributed by atoms with E-state index in [0.29, 0.717) is 13.0 Å². The molecule has 0 spiro atoms. The Bertz CT molecular complexity index is 379. The summed E-state index contributed by atoms with van der Waals surface area (Å²) >= 11 is 0. The van der Waals surface area contributed by atoms with Gasteiger partial charge in [0, 0.05) is 6.54 Å². The maximum absolute atomic E-state index is 10.8. The van der Waals surface area contributed by atoms with Crippen LogP contribution in [-0.2, 0) is 17.8 Å². The smallest absolute Gasteiger partial charge is 0.321 e. The second-order valence-electron chi connectivity index (χ2n) is 3.69. The van der Waals surface area contributed by atoms with Gasteiger partial charge < -0.3 is 10.4 Å². The van der Waals surface area contributed by atoms with Crippen LogP contribution < -0.4 is 5.32 Å². The van der Waals surface area contributed by atoms with E-state index in [-0.39, 0.29) is 12.4 Å². The fourth-order valence-electron chi connectivity index (χ4n) is 1.90. The standard InChI is InChI=1S/C11H13NO2.ClH/c1-7-3-2-4-8-6-12-10(11(13)14)5-9(7)8;/h2-4,10,12H,5-6H2,1H3,(H,13,14);1H. The van der Waals surface area contributed by atoms with E-state index in [4.69, 9.17) is 5.11 Å². The van der Waals surface area contributed by atoms with E-state index in [1.807, 2.05) is 25.1 Å². The number of benzene rings is 1. The second-order valence-corrected chi connectivity index (χ2v) is 3.69. The third kappa shape index (κ3) is 2.30. The number of aliphatic carboxylic acids is 1. The van der Waals surface area contributed by atoms with Gasteiger partial charge >= 0.3 is 5.97 Å². The molecular formula is C11H14ClNO2. The lowest BCUT2D eigenvalue weighted by atomic mass is 9.92. The van der Waals surface area contributed by atoms with Crippen LogP contribution in [-0.4, -0.2) is 17.1 Å². The molecule has 0 bridgehead atoms. The van der Waals surface area contributed by atoms with Crippen molar-refractivity contribution in [3.05, 3.63) is 34.9 Å². The highest BCUT2D eigenvalue weighted by Crippen LogP contribution is 2.20. The maximum atomic E-state index is 10.8. The number of fused-ring (bicyclic) bond motifs is 1. The predicted octanol–water partition coefficient (Wildman–Crippen LogP) is 1.52. The molecule has 1 aliphatic heterocycles. The zero-order valence-electron chi connectivity index (χ0n) is 8.49. The number of hydrogen-bond acceptors (Lipinski definition) is 2. The number of carboxylic acids is 1. The van der Waals surface area contributed by atoms with E-state index >= 15 is 0 Å². The minimum Gasteiger partial charge on any atom is -0.480 e. The number of hydrogen-bond donors (Lipinski definition) is 2. The van der Waals surface area contributed by atoms with Crippen LogP contribution in [0.5, 0.6) is 0 Å². The highest BCUT2D eigenvalue weighted by atomic mass is 35.5. The monoisotopic (exact) mass is 227 g/mol. The van der Waals surface area contributed by atoms with Crippen LogP contribution in [0.3, 0.4) is 0 Å².